The van der Waals surface area contributed by atoms with Crippen LogP contribution >= 0.6 is 11.6 Å². The largest absolute Gasteiger partial charge is 0.412 e. The van der Waals surface area contributed by atoms with Gasteiger partial charge in [-0.25, -0.2) is 0 Å². The third-order valence-electron chi connectivity index (χ3n) is 1.43. The van der Waals surface area contributed by atoms with Gasteiger partial charge in [-0.1, -0.05) is 17.7 Å². The quantitative estimate of drug-likeness (QED) is 0.539. The van der Waals surface area contributed by atoms with Crippen molar-refractivity contribution in [3.63, 3.8) is 0 Å². The third-order valence-corrected chi connectivity index (χ3v) is 1.69. The van der Waals surface area contributed by atoms with Crippen LogP contribution in [-0.2, 0) is 0 Å². The van der Waals surface area contributed by atoms with Gasteiger partial charge in [-0.05, 0) is 18.9 Å². The van der Waals surface area contributed by atoms with Crippen LogP contribution in [0.3, 0.4) is 0 Å². The molecule has 0 heterocycles. The zero-order valence-corrected chi connectivity index (χ0v) is 6.34. The first-order valence-electron chi connectivity index (χ1n) is 3.13. The lowest BCUT2D eigenvalue weighted by Gasteiger charge is -2.13. The number of hydrogen-bond donors (Lipinski definition) is 0. The van der Waals surface area contributed by atoms with E-state index >= 15 is 0 Å². The lowest BCUT2D eigenvalue weighted by atomic mass is 10.1. The van der Waals surface area contributed by atoms with Crippen molar-refractivity contribution >= 4 is 11.6 Å². The number of rotatable bonds is 0. The maximum atomic E-state index is 12.0. The summed E-state index contributed by atoms with van der Waals surface area (Å²) in [6.07, 6.45) is -1.24. The molecule has 1 rings (SSSR count). The van der Waals surface area contributed by atoms with Crippen molar-refractivity contribution in [2.75, 3.05) is 0 Å². The molecular formula is C7H6ClF3. The van der Waals surface area contributed by atoms with Gasteiger partial charge in [0.2, 0.25) is 0 Å². The predicted octanol–water partition coefficient (Wildman–Crippen LogP) is 3.39. The van der Waals surface area contributed by atoms with Crippen LogP contribution in [0.4, 0.5) is 13.2 Å². The van der Waals surface area contributed by atoms with Gasteiger partial charge >= 0.3 is 6.18 Å². The summed E-state index contributed by atoms with van der Waals surface area (Å²) in [4.78, 5) is 0. The summed E-state index contributed by atoms with van der Waals surface area (Å²) in [5.74, 6) is 0. The summed E-state index contributed by atoms with van der Waals surface area (Å²) < 4.78 is 35.9. The summed E-state index contributed by atoms with van der Waals surface area (Å²) in [6.45, 7) is 0. The Hall–Kier alpha value is -0.440. The Morgan fingerprint density at radius 1 is 1.36 bits per heavy atom. The SMILES string of the molecule is FC(F)(F)C1=CC(Cl)=CCC1. The van der Waals surface area contributed by atoms with E-state index in [4.69, 9.17) is 11.6 Å². The summed E-state index contributed by atoms with van der Waals surface area (Å²) in [5, 5.41) is 0.184. The Kier molecular flexibility index (Phi) is 2.28. The lowest BCUT2D eigenvalue weighted by molar-refractivity contribution is -0.0940. The zero-order chi connectivity index (χ0) is 8.48. The Labute approximate surface area is 67.3 Å². The lowest BCUT2D eigenvalue weighted by Crippen LogP contribution is -2.13. The second kappa shape index (κ2) is 2.89. The Morgan fingerprint density at radius 3 is 2.36 bits per heavy atom. The molecule has 1 aliphatic rings. The van der Waals surface area contributed by atoms with Crippen molar-refractivity contribution < 1.29 is 13.2 Å². The fourth-order valence-electron chi connectivity index (χ4n) is 0.887. The maximum absolute atomic E-state index is 12.0. The van der Waals surface area contributed by atoms with Crippen LogP contribution in [0.1, 0.15) is 12.8 Å². The highest BCUT2D eigenvalue weighted by Crippen LogP contribution is 2.33. The molecule has 0 aromatic rings. The van der Waals surface area contributed by atoms with Crippen LogP contribution in [0, 0.1) is 0 Å². The average molecular weight is 183 g/mol. The van der Waals surface area contributed by atoms with Gasteiger partial charge in [0.1, 0.15) is 0 Å². The molecule has 0 fully saturated rings. The van der Waals surface area contributed by atoms with Crippen LogP contribution in [0.15, 0.2) is 22.8 Å². The molecular weight excluding hydrogens is 177 g/mol. The molecule has 0 saturated heterocycles. The molecule has 11 heavy (non-hydrogen) atoms. The topological polar surface area (TPSA) is 0 Å². The van der Waals surface area contributed by atoms with E-state index in [-0.39, 0.29) is 11.5 Å². The molecule has 62 valence electrons. The summed E-state index contributed by atoms with van der Waals surface area (Å²) in [7, 11) is 0. The van der Waals surface area contributed by atoms with E-state index in [9.17, 15) is 13.2 Å². The molecule has 0 aromatic carbocycles. The van der Waals surface area contributed by atoms with Crippen LogP contribution in [0.5, 0.6) is 0 Å². The van der Waals surface area contributed by atoms with Gasteiger partial charge in [0, 0.05) is 10.6 Å². The molecule has 0 radical (unpaired) electrons. The van der Waals surface area contributed by atoms with Crippen molar-refractivity contribution in [3.05, 3.63) is 22.8 Å². The van der Waals surface area contributed by atoms with Gasteiger partial charge in [0.05, 0.1) is 0 Å². The molecule has 0 N–H and O–H groups in total. The van der Waals surface area contributed by atoms with E-state index in [1.54, 1.807) is 6.08 Å². The van der Waals surface area contributed by atoms with Gasteiger partial charge in [-0.2, -0.15) is 13.2 Å². The van der Waals surface area contributed by atoms with Gasteiger partial charge < -0.3 is 0 Å². The van der Waals surface area contributed by atoms with Crippen LogP contribution in [0.2, 0.25) is 0 Å². The second-order valence-corrected chi connectivity index (χ2v) is 2.73. The Morgan fingerprint density at radius 2 is 2.00 bits per heavy atom. The van der Waals surface area contributed by atoms with Crippen LogP contribution < -0.4 is 0 Å². The van der Waals surface area contributed by atoms with Crippen molar-refractivity contribution in [2.45, 2.75) is 19.0 Å². The Bertz CT molecular complexity index is 212. The van der Waals surface area contributed by atoms with Gasteiger partial charge in [-0.3, -0.25) is 0 Å². The van der Waals surface area contributed by atoms with Crippen LogP contribution in [-0.4, -0.2) is 6.18 Å². The van der Waals surface area contributed by atoms with E-state index in [0.29, 0.717) is 6.42 Å². The first-order chi connectivity index (χ1) is 5.00. The minimum atomic E-state index is -4.21. The number of halogens is 4. The van der Waals surface area contributed by atoms with E-state index in [1.165, 1.54) is 0 Å². The highest BCUT2D eigenvalue weighted by atomic mass is 35.5. The molecule has 0 nitrogen and oxygen atoms in total. The zero-order valence-electron chi connectivity index (χ0n) is 5.58. The summed E-state index contributed by atoms with van der Waals surface area (Å²) >= 11 is 5.40. The van der Waals surface area contributed by atoms with Crippen molar-refractivity contribution in [2.24, 2.45) is 0 Å². The molecule has 0 amide bonds. The maximum Gasteiger partial charge on any atom is 0.412 e. The molecule has 0 aromatic heterocycles. The standard InChI is InChI=1S/C7H6ClF3/c8-6-3-1-2-5(4-6)7(9,10)11/h3-4H,1-2H2. The van der Waals surface area contributed by atoms with E-state index in [0.717, 1.165) is 6.08 Å². The van der Waals surface area contributed by atoms with E-state index in [2.05, 4.69) is 0 Å². The highest BCUT2D eigenvalue weighted by Gasteiger charge is 2.33. The molecule has 0 unspecified atom stereocenters. The molecule has 1 aliphatic carbocycles. The molecule has 0 spiro atoms. The van der Waals surface area contributed by atoms with E-state index in [1.807, 2.05) is 0 Å². The minimum Gasteiger partial charge on any atom is -0.166 e. The van der Waals surface area contributed by atoms with Crippen LogP contribution in [0.25, 0.3) is 0 Å². The van der Waals surface area contributed by atoms with Gasteiger partial charge in [0.25, 0.3) is 0 Å². The molecule has 4 heteroatoms. The monoisotopic (exact) mass is 182 g/mol. The number of allylic oxidation sites excluding steroid dienone is 4. The highest BCUT2D eigenvalue weighted by molar-refractivity contribution is 6.31. The first-order valence-corrected chi connectivity index (χ1v) is 3.51. The third kappa shape index (κ3) is 2.26. The van der Waals surface area contributed by atoms with Gasteiger partial charge in [-0.15, -0.1) is 0 Å². The first kappa shape index (κ1) is 8.65. The summed E-state index contributed by atoms with van der Waals surface area (Å²) in [6, 6.07) is 0. The van der Waals surface area contributed by atoms with Crippen molar-refractivity contribution in [3.8, 4) is 0 Å². The smallest absolute Gasteiger partial charge is 0.166 e. The normalized spacial score (nSPS) is 19.3. The minimum absolute atomic E-state index is 0.0414. The predicted molar refractivity (Wildman–Crippen MR) is 37.3 cm³/mol. The van der Waals surface area contributed by atoms with Crippen molar-refractivity contribution in [1.82, 2.24) is 0 Å². The average Bonchev–Trinajstić information content (AvgIpc) is 1.86. The molecule has 0 aliphatic heterocycles. The fourth-order valence-corrected chi connectivity index (χ4v) is 1.13. The van der Waals surface area contributed by atoms with Crippen molar-refractivity contribution in [1.29, 1.82) is 0 Å². The molecule has 0 atom stereocenters. The summed E-state index contributed by atoms with van der Waals surface area (Å²) in [5.41, 5.74) is -0.537. The number of alkyl halides is 3. The van der Waals surface area contributed by atoms with Gasteiger partial charge in [0.15, 0.2) is 0 Å². The van der Waals surface area contributed by atoms with E-state index < -0.39 is 11.7 Å². The number of hydrogen-bond acceptors (Lipinski definition) is 0. The fraction of sp³-hybridized carbons (Fsp3) is 0.429. The molecule has 0 saturated carbocycles. The second-order valence-electron chi connectivity index (χ2n) is 2.30. The molecule has 0 bridgehead atoms. The Balaban J connectivity index is 2.82.